The van der Waals surface area contributed by atoms with Crippen LogP contribution in [-0.4, -0.2) is 33.4 Å². The van der Waals surface area contributed by atoms with Crippen LogP contribution in [0.1, 0.15) is 26.3 Å². The molecule has 3 aromatic heterocycles. The molecule has 0 spiro atoms. The average molecular weight is 470 g/mol. The van der Waals surface area contributed by atoms with Crippen molar-refractivity contribution in [3.8, 4) is 0 Å². The van der Waals surface area contributed by atoms with E-state index in [1.54, 1.807) is 36.5 Å². The molecule has 0 bridgehead atoms. The summed E-state index contributed by atoms with van der Waals surface area (Å²) in [5.74, 6) is 0.433. The molecular formula is C18H20BrClN5O3+. The number of rotatable bonds is 4. The van der Waals surface area contributed by atoms with E-state index in [0.717, 1.165) is 5.56 Å². The van der Waals surface area contributed by atoms with Gasteiger partial charge >= 0.3 is 6.09 Å². The molecule has 28 heavy (non-hydrogen) atoms. The topological polar surface area (TPSA) is 72.8 Å². The van der Waals surface area contributed by atoms with Crippen LogP contribution in [0, 0.1) is 0 Å². The first kappa shape index (κ1) is 20.3. The molecule has 3 rings (SSSR count). The van der Waals surface area contributed by atoms with Crippen LogP contribution >= 0.6 is 27.5 Å². The van der Waals surface area contributed by atoms with Gasteiger partial charge in [0.25, 0.3) is 0 Å². The third-order valence-electron chi connectivity index (χ3n) is 3.66. The normalized spacial score (nSPS) is 11.5. The zero-order valence-corrected chi connectivity index (χ0v) is 18.2. The maximum Gasteiger partial charge on any atom is 0.416 e. The molecule has 0 aromatic carbocycles. The number of amides is 1. The van der Waals surface area contributed by atoms with Crippen molar-refractivity contribution < 1.29 is 19.1 Å². The van der Waals surface area contributed by atoms with Crippen LogP contribution in [0.15, 0.2) is 41.3 Å². The number of hydrogen-bond donors (Lipinski definition) is 0. The maximum atomic E-state index is 13.0. The van der Waals surface area contributed by atoms with Gasteiger partial charge in [0.05, 0.1) is 17.2 Å². The lowest BCUT2D eigenvalue weighted by molar-refractivity contribution is -0.885. The molecule has 0 aliphatic carbocycles. The van der Waals surface area contributed by atoms with E-state index in [4.69, 9.17) is 21.2 Å². The molecule has 1 amide bonds. The Balaban J connectivity index is 2.09. The number of ether oxygens (including phenoxy) is 1. The van der Waals surface area contributed by atoms with Crippen LogP contribution in [0.4, 0.5) is 10.6 Å². The van der Waals surface area contributed by atoms with Gasteiger partial charge in [-0.15, -0.1) is 0 Å². The second-order valence-corrected chi connectivity index (χ2v) is 8.23. The van der Waals surface area contributed by atoms with Crippen LogP contribution in [0.25, 0.3) is 5.65 Å². The molecule has 0 saturated heterocycles. The number of fused-ring (bicyclic) bond motifs is 1. The number of halogens is 2. The largest absolute Gasteiger partial charge is 0.443 e. The first-order valence-electron chi connectivity index (χ1n) is 8.43. The van der Waals surface area contributed by atoms with Crippen LogP contribution in [0.3, 0.4) is 0 Å². The van der Waals surface area contributed by atoms with Gasteiger partial charge in [0, 0.05) is 22.4 Å². The summed E-state index contributed by atoms with van der Waals surface area (Å²) in [6.07, 6.45) is 4.59. The van der Waals surface area contributed by atoms with Crippen molar-refractivity contribution in [3.63, 3.8) is 0 Å². The minimum Gasteiger partial charge on any atom is -0.443 e. The van der Waals surface area contributed by atoms with E-state index in [2.05, 4.69) is 26.0 Å². The first-order chi connectivity index (χ1) is 13.2. The molecule has 3 heterocycles. The van der Waals surface area contributed by atoms with E-state index in [1.165, 1.54) is 9.42 Å². The minimum atomic E-state index is -0.668. The van der Waals surface area contributed by atoms with E-state index in [1.807, 2.05) is 32.9 Å². The highest BCUT2D eigenvalue weighted by molar-refractivity contribution is 9.10. The summed E-state index contributed by atoms with van der Waals surface area (Å²) in [6, 6.07) is 5.28. The minimum absolute atomic E-state index is 0.214. The third kappa shape index (κ3) is 4.53. The number of carbonyl (C=O) groups excluding carboxylic acids is 1. The van der Waals surface area contributed by atoms with E-state index in [9.17, 15) is 4.79 Å². The third-order valence-corrected chi connectivity index (χ3v) is 4.41. The Morgan fingerprint density at radius 1 is 1.43 bits per heavy atom. The fourth-order valence-electron chi connectivity index (χ4n) is 2.53. The fourth-order valence-corrected chi connectivity index (χ4v) is 3.06. The van der Waals surface area contributed by atoms with Gasteiger partial charge in [0.15, 0.2) is 5.65 Å². The Morgan fingerprint density at radius 2 is 2.18 bits per heavy atom. The Morgan fingerprint density at radius 3 is 2.86 bits per heavy atom. The number of anilines is 1. The van der Waals surface area contributed by atoms with Crippen molar-refractivity contribution in [2.75, 3.05) is 12.0 Å². The molecule has 148 valence electrons. The Labute approximate surface area is 175 Å². The highest BCUT2D eigenvalue weighted by Gasteiger charge is 2.27. The molecule has 0 atom stereocenters. The lowest BCUT2D eigenvalue weighted by Crippen LogP contribution is -2.41. The van der Waals surface area contributed by atoms with Gasteiger partial charge in [-0.05, 0) is 42.8 Å². The lowest BCUT2D eigenvalue weighted by atomic mass is 10.2. The fraction of sp³-hybridized carbons (Fsp3) is 0.333. The quantitative estimate of drug-likeness (QED) is 0.432. The number of aromatic nitrogens is 4. The van der Waals surface area contributed by atoms with Gasteiger partial charge in [-0.3, -0.25) is 9.74 Å². The van der Waals surface area contributed by atoms with Gasteiger partial charge in [-0.2, -0.15) is 9.61 Å². The molecule has 0 aliphatic rings. The number of nitrogens with zero attached hydrogens (tertiary/aromatic N) is 5. The molecular weight excluding hydrogens is 450 g/mol. The summed E-state index contributed by atoms with van der Waals surface area (Å²) < 4.78 is 9.35. The zero-order valence-electron chi connectivity index (χ0n) is 15.9. The summed E-state index contributed by atoms with van der Waals surface area (Å²) in [5.41, 5.74) is 0.651. The van der Waals surface area contributed by atoms with Gasteiger partial charge in [0.1, 0.15) is 23.7 Å². The van der Waals surface area contributed by atoms with Crippen molar-refractivity contribution in [1.29, 1.82) is 0 Å². The Hall–Kier alpha value is -2.39. The summed E-state index contributed by atoms with van der Waals surface area (Å²) in [4.78, 5) is 24.0. The monoisotopic (exact) mass is 468 g/mol. The van der Waals surface area contributed by atoms with Gasteiger partial charge in [0.2, 0.25) is 12.4 Å². The van der Waals surface area contributed by atoms with Crippen LogP contribution in [-0.2, 0) is 11.3 Å². The van der Waals surface area contributed by atoms with E-state index < -0.39 is 11.7 Å². The SMILES string of the molecule is CO[n+]1cccc(CN(C(=O)OC(C)(C)C)c2cc(Cl)nc3c(Br)cnn23)c1. The molecule has 0 N–H and O–H groups in total. The average Bonchev–Trinajstić information content (AvgIpc) is 2.99. The highest BCUT2D eigenvalue weighted by atomic mass is 79.9. The zero-order chi connectivity index (χ0) is 20.5. The second-order valence-electron chi connectivity index (χ2n) is 6.99. The van der Waals surface area contributed by atoms with Gasteiger partial charge in [-0.1, -0.05) is 11.6 Å². The van der Waals surface area contributed by atoms with Crippen LogP contribution in [0.5, 0.6) is 0 Å². The molecule has 0 aliphatic heterocycles. The molecule has 0 unspecified atom stereocenters. The summed E-state index contributed by atoms with van der Waals surface area (Å²) in [5, 5.41) is 4.54. The Kier molecular flexibility index (Phi) is 5.76. The molecule has 0 fully saturated rings. The molecule has 0 radical (unpaired) electrons. The van der Waals surface area contributed by atoms with Crippen molar-refractivity contribution in [3.05, 3.63) is 52.0 Å². The van der Waals surface area contributed by atoms with E-state index in [0.29, 0.717) is 15.9 Å². The lowest BCUT2D eigenvalue weighted by Gasteiger charge is -2.27. The van der Waals surface area contributed by atoms with Crippen molar-refractivity contribution in [1.82, 2.24) is 14.6 Å². The predicted molar refractivity (Wildman–Crippen MR) is 107 cm³/mol. The van der Waals surface area contributed by atoms with E-state index in [-0.39, 0.29) is 11.7 Å². The summed E-state index contributed by atoms with van der Waals surface area (Å²) in [6.45, 7) is 5.64. The second kappa shape index (κ2) is 7.92. The summed E-state index contributed by atoms with van der Waals surface area (Å²) >= 11 is 9.61. The predicted octanol–water partition coefficient (Wildman–Crippen LogP) is 3.43. The maximum absolute atomic E-state index is 13.0. The highest BCUT2D eigenvalue weighted by Crippen LogP contribution is 2.27. The molecule has 3 aromatic rings. The van der Waals surface area contributed by atoms with Crippen LogP contribution < -0.4 is 14.5 Å². The molecule has 8 nitrogen and oxygen atoms in total. The molecule has 0 saturated carbocycles. The van der Waals surface area contributed by atoms with Gasteiger partial charge in [-0.25, -0.2) is 9.78 Å². The van der Waals surface area contributed by atoms with Crippen molar-refractivity contribution >= 4 is 45.1 Å². The van der Waals surface area contributed by atoms with E-state index >= 15 is 0 Å². The Bertz CT molecular complexity index is 1020. The molecule has 10 heteroatoms. The first-order valence-corrected chi connectivity index (χ1v) is 9.60. The van der Waals surface area contributed by atoms with Crippen LogP contribution in [0.2, 0.25) is 5.15 Å². The number of hydrogen-bond acceptors (Lipinski definition) is 5. The van der Waals surface area contributed by atoms with Crippen molar-refractivity contribution in [2.24, 2.45) is 0 Å². The summed E-state index contributed by atoms with van der Waals surface area (Å²) in [7, 11) is 1.56. The van der Waals surface area contributed by atoms with Crippen molar-refractivity contribution in [2.45, 2.75) is 32.9 Å². The smallest absolute Gasteiger partial charge is 0.416 e. The number of carbonyl (C=O) groups is 1. The van der Waals surface area contributed by atoms with Gasteiger partial charge < -0.3 is 4.74 Å². The number of pyridine rings is 1. The standard InChI is InChI=1S/C18H20BrClN5O3/c1-18(2,3)28-17(26)24(11-12-6-5-7-23(10-12)27-4)15-8-14(20)22-16-13(19)9-21-25(15)16/h5-10H,11H2,1-4H3/q+1.